The molecule has 5 heteroatoms. The SMILES string of the molecule is CCOC(=O)c1ncn(-c2cccc(C)c2)n1. The summed E-state index contributed by atoms with van der Waals surface area (Å²) < 4.78 is 6.38. The first-order valence-corrected chi connectivity index (χ1v) is 5.36. The van der Waals surface area contributed by atoms with Gasteiger partial charge in [-0.1, -0.05) is 12.1 Å². The summed E-state index contributed by atoms with van der Waals surface area (Å²) >= 11 is 0. The van der Waals surface area contributed by atoms with Crippen molar-refractivity contribution >= 4 is 5.97 Å². The Hall–Kier alpha value is -2.17. The van der Waals surface area contributed by atoms with E-state index >= 15 is 0 Å². The number of rotatable bonds is 3. The molecule has 2 aromatic rings. The van der Waals surface area contributed by atoms with Crippen molar-refractivity contribution in [1.29, 1.82) is 0 Å². The smallest absolute Gasteiger partial charge is 0.378 e. The van der Waals surface area contributed by atoms with Crippen molar-refractivity contribution in [2.24, 2.45) is 0 Å². The number of carbonyl (C=O) groups is 1. The van der Waals surface area contributed by atoms with E-state index in [4.69, 9.17) is 4.74 Å². The van der Waals surface area contributed by atoms with Crippen molar-refractivity contribution in [3.05, 3.63) is 42.0 Å². The zero-order valence-corrected chi connectivity index (χ0v) is 9.75. The molecule has 0 spiro atoms. The highest BCUT2D eigenvalue weighted by Gasteiger charge is 2.12. The Morgan fingerprint density at radius 2 is 2.29 bits per heavy atom. The van der Waals surface area contributed by atoms with E-state index in [9.17, 15) is 4.79 Å². The summed E-state index contributed by atoms with van der Waals surface area (Å²) in [4.78, 5) is 15.3. The number of aromatic nitrogens is 3. The Labute approximate surface area is 99.1 Å². The molecule has 0 N–H and O–H groups in total. The standard InChI is InChI=1S/C12H13N3O2/c1-3-17-12(16)11-13-8-15(14-11)10-6-4-5-9(2)7-10/h4-8H,3H2,1-2H3. The lowest BCUT2D eigenvalue weighted by Gasteiger charge is -2.00. The summed E-state index contributed by atoms with van der Waals surface area (Å²) in [7, 11) is 0. The molecule has 0 fully saturated rings. The monoisotopic (exact) mass is 231 g/mol. The van der Waals surface area contributed by atoms with Gasteiger partial charge in [0.25, 0.3) is 5.82 Å². The fraction of sp³-hybridized carbons (Fsp3) is 0.250. The molecular formula is C12H13N3O2. The van der Waals surface area contributed by atoms with Gasteiger partial charge in [0.2, 0.25) is 0 Å². The summed E-state index contributed by atoms with van der Waals surface area (Å²) in [5, 5.41) is 4.07. The molecule has 1 heterocycles. The number of hydrogen-bond acceptors (Lipinski definition) is 4. The van der Waals surface area contributed by atoms with E-state index in [-0.39, 0.29) is 5.82 Å². The van der Waals surface area contributed by atoms with Crippen LogP contribution in [0.25, 0.3) is 5.69 Å². The highest BCUT2D eigenvalue weighted by atomic mass is 16.5. The van der Waals surface area contributed by atoms with Crippen molar-refractivity contribution < 1.29 is 9.53 Å². The van der Waals surface area contributed by atoms with E-state index in [1.165, 1.54) is 6.33 Å². The van der Waals surface area contributed by atoms with Crippen LogP contribution in [0.4, 0.5) is 0 Å². The molecule has 5 nitrogen and oxygen atoms in total. The Kier molecular flexibility index (Phi) is 3.18. The maximum absolute atomic E-state index is 11.4. The summed E-state index contributed by atoms with van der Waals surface area (Å²) in [5.74, 6) is -0.424. The Morgan fingerprint density at radius 3 is 3.00 bits per heavy atom. The third-order valence-corrected chi connectivity index (χ3v) is 2.22. The van der Waals surface area contributed by atoms with E-state index < -0.39 is 5.97 Å². The number of ether oxygens (including phenoxy) is 1. The summed E-state index contributed by atoms with van der Waals surface area (Å²) in [6.45, 7) is 4.06. The molecule has 0 atom stereocenters. The van der Waals surface area contributed by atoms with E-state index in [1.54, 1.807) is 11.6 Å². The zero-order valence-electron chi connectivity index (χ0n) is 9.75. The highest BCUT2D eigenvalue weighted by molar-refractivity contribution is 5.84. The van der Waals surface area contributed by atoms with Crippen LogP contribution >= 0.6 is 0 Å². The van der Waals surface area contributed by atoms with Gasteiger partial charge in [-0.15, -0.1) is 5.10 Å². The maximum Gasteiger partial charge on any atom is 0.378 e. The van der Waals surface area contributed by atoms with Crippen LogP contribution in [0, 0.1) is 6.92 Å². The number of benzene rings is 1. The fourth-order valence-electron chi connectivity index (χ4n) is 1.45. The number of esters is 1. The van der Waals surface area contributed by atoms with Gasteiger partial charge in [0.15, 0.2) is 0 Å². The van der Waals surface area contributed by atoms with Gasteiger partial charge in [-0.3, -0.25) is 0 Å². The van der Waals surface area contributed by atoms with Gasteiger partial charge in [0.1, 0.15) is 6.33 Å². The second-order valence-electron chi connectivity index (χ2n) is 3.57. The molecule has 1 aromatic carbocycles. The minimum Gasteiger partial charge on any atom is -0.460 e. The molecule has 0 unspecified atom stereocenters. The topological polar surface area (TPSA) is 57.0 Å². The molecule has 0 aliphatic carbocycles. The average molecular weight is 231 g/mol. The van der Waals surface area contributed by atoms with Crippen molar-refractivity contribution in [2.75, 3.05) is 6.61 Å². The predicted octanol–water partition coefficient (Wildman–Crippen LogP) is 1.75. The van der Waals surface area contributed by atoms with Crippen molar-refractivity contribution in [3.63, 3.8) is 0 Å². The van der Waals surface area contributed by atoms with Gasteiger partial charge < -0.3 is 4.74 Å². The lowest BCUT2D eigenvalue weighted by atomic mass is 10.2. The molecule has 2 rings (SSSR count). The lowest BCUT2D eigenvalue weighted by molar-refractivity contribution is 0.0512. The maximum atomic E-state index is 11.4. The highest BCUT2D eigenvalue weighted by Crippen LogP contribution is 2.08. The minimum atomic E-state index is -0.501. The fourth-order valence-corrected chi connectivity index (χ4v) is 1.45. The Balaban J connectivity index is 2.27. The van der Waals surface area contributed by atoms with E-state index in [0.717, 1.165) is 11.3 Å². The van der Waals surface area contributed by atoms with Crippen LogP contribution in [0.1, 0.15) is 23.1 Å². The van der Waals surface area contributed by atoms with Gasteiger partial charge in [-0.25, -0.2) is 14.5 Å². The molecule has 0 saturated carbocycles. The molecular weight excluding hydrogens is 218 g/mol. The van der Waals surface area contributed by atoms with Crippen molar-refractivity contribution in [2.45, 2.75) is 13.8 Å². The molecule has 0 radical (unpaired) electrons. The molecule has 0 aliphatic rings. The van der Waals surface area contributed by atoms with Gasteiger partial charge in [0.05, 0.1) is 12.3 Å². The quantitative estimate of drug-likeness (QED) is 0.755. The van der Waals surface area contributed by atoms with Gasteiger partial charge in [-0.2, -0.15) is 0 Å². The normalized spacial score (nSPS) is 10.2. The minimum absolute atomic E-state index is 0.0772. The largest absolute Gasteiger partial charge is 0.460 e. The number of aryl methyl sites for hydroxylation is 1. The molecule has 0 saturated heterocycles. The number of nitrogens with zero attached hydrogens (tertiary/aromatic N) is 3. The molecule has 0 amide bonds. The second kappa shape index (κ2) is 4.78. The summed E-state index contributed by atoms with van der Waals surface area (Å²) in [5.41, 5.74) is 1.99. The molecule has 1 aromatic heterocycles. The van der Waals surface area contributed by atoms with Crippen molar-refractivity contribution in [3.8, 4) is 5.69 Å². The number of carbonyl (C=O) groups excluding carboxylic acids is 1. The molecule has 0 aliphatic heterocycles. The Morgan fingerprint density at radius 1 is 1.47 bits per heavy atom. The van der Waals surface area contributed by atoms with Crippen LogP contribution in [0.5, 0.6) is 0 Å². The average Bonchev–Trinajstić information content (AvgIpc) is 2.78. The van der Waals surface area contributed by atoms with Crippen LogP contribution in [-0.2, 0) is 4.74 Å². The van der Waals surface area contributed by atoms with E-state index in [1.807, 2.05) is 31.2 Å². The van der Waals surface area contributed by atoms with Crippen LogP contribution in [-0.4, -0.2) is 27.3 Å². The summed E-state index contributed by atoms with van der Waals surface area (Å²) in [6, 6.07) is 7.78. The van der Waals surface area contributed by atoms with Gasteiger partial charge in [-0.05, 0) is 31.5 Å². The van der Waals surface area contributed by atoms with Crippen molar-refractivity contribution in [1.82, 2.24) is 14.8 Å². The van der Waals surface area contributed by atoms with Crippen LogP contribution in [0.2, 0.25) is 0 Å². The molecule has 17 heavy (non-hydrogen) atoms. The first-order valence-electron chi connectivity index (χ1n) is 5.36. The van der Waals surface area contributed by atoms with Gasteiger partial charge in [0, 0.05) is 0 Å². The first kappa shape index (κ1) is 11.3. The third-order valence-electron chi connectivity index (χ3n) is 2.22. The van der Waals surface area contributed by atoms with Crippen LogP contribution in [0.3, 0.4) is 0 Å². The Bertz CT molecular complexity index is 534. The summed E-state index contributed by atoms with van der Waals surface area (Å²) in [6.07, 6.45) is 1.50. The van der Waals surface area contributed by atoms with Crippen LogP contribution < -0.4 is 0 Å². The predicted molar refractivity (Wildman–Crippen MR) is 62.1 cm³/mol. The van der Waals surface area contributed by atoms with E-state index in [2.05, 4.69) is 10.1 Å². The lowest BCUT2D eigenvalue weighted by Crippen LogP contribution is -2.07. The number of hydrogen-bond donors (Lipinski definition) is 0. The first-order chi connectivity index (χ1) is 8.20. The molecule has 0 bridgehead atoms. The zero-order chi connectivity index (χ0) is 12.3. The third kappa shape index (κ3) is 2.50. The van der Waals surface area contributed by atoms with E-state index in [0.29, 0.717) is 6.61 Å². The van der Waals surface area contributed by atoms with Gasteiger partial charge >= 0.3 is 5.97 Å². The van der Waals surface area contributed by atoms with Crippen LogP contribution in [0.15, 0.2) is 30.6 Å². The molecule has 88 valence electrons. The second-order valence-corrected chi connectivity index (χ2v) is 3.57.